The van der Waals surface area contributed by atoms with Gasteiger partial charge in [-0.25, -0.2) is 9.37 Å². The molecule has 0 radical (unpaired) electrons. The van der Waals surface area contributed by atoms with Crippen molar-refractivity contribution in [1.82, 2.24) is 35.5 Å². The van der Waals surface area contributed by atoms with Crippen molar-refractivity contribution in [2.45, 2.75) is 31.3 Å². The van der Waals surface area contributed by atoms with Crippen LogP contribution in [0.5, 0.6) is 0 Å². The third kappa shape index (κ3) is 3.89. The maximum atomic E-state index is 13.0. The zero-order chi connectivity index (χ0) is 18.8. The minimum atomic E-state index is -0.348. The van der Waals surface area contributed by atoms with E-state index in [9.17, 15) is 14.0 Å². The van der Waals surface area contributed by atoms with Crippen LogP contribution in [-0.4, -0.2) is 42.1 Å². The maximum absolute atomic E-state index is 13.0. The van der Waals surface area contributed by atoms with E-state index in [1.807, 2.05) is 0 Å². The molecule has 138 valence electrons. The number of carbonyl (C=O) groups excluding carboxylic acids is 1. The lowest BCUT2D eigenvalue weighted by atomic mass is 9.78. The molecule has 1 saturated carbocycles. The van der Waals surface area contributed by atoms with Crippen molar-refractivity contribution < 1.29 is 9.18 Å². The number of tetrazole rings is 1. The number of halogens is 1. The van der Waals surface area contributed by atoms with E-state index in [1.54, 1.807) is 12.1 Å². The first-order chi connectivity index (χ1) is 13.1. The van der Waals surface area contributed by atoms with E-state index in [0.29, 0.717) is 11.4 Å². The van der Waals surface area contributed by atoms with Gasteiger partial charge in [-0.2, -0.15) is 4.80 Å². The summed E-state index contributed by atoms with van der Waals surface area (Å²) < 4.78 is 13.0. The Labute approximate surface area is 152 Å². The number of amides is 1. The van der Waals surface area contributed by atoms with Crippen LogP contribution in [0.1, 0.15) is 24.5 Å². The SMILES string of the molecule is O=C(Cn1nnc(-c2ccc(F)cc2)n1)NC1CC(c2cc(=O)[nH]cn2)C1. The van der Waals surface area contributed by atoms with Gasteiger partial charge in [0, 0.05) is 23.6 Å². The third-order valence-corrected chi connectivity index (χ3v) is 4.46. The van der Waals surface area contributed by atoms with Crippen LogP contribution in [0.25, 0.3) is 11.4 Å². The minimum Gasteiger partial charge on any atom is -0.352 e. The molecule has 2 N–H and O–H groups in total. The number of rotatable bonds is 5. The van der Waals surface area contributed by atoms with Gasteiger partial charge in [-0.1, -0.05) is 0 Å². The van der Waals surface area contributed by atoms with Crippen LogP contribution in [0.15, 0.2) is 41.5 Å². The van der Waals surface area contributed by atoms with Gasteiger partial charge in [0.05, 0.1) is 12.0 Å². The van der Waals surface area contributed by atoms with Crippen molar-refractivity contribution in [1.29, 1.82) is 0 Å². The summed E-state index contributed by atoms with van der Waals surface area (Å²) in [5.41, 5.74) is 1.18. The molecule has 1 aliphatic rings. The molecule has 27 heavy (non-hydrogen) atoms. The molecule has 0 bridgehead atoms. The highest BCUT2D eigenvalue weighted by Gasteiger charge is 2.32. The van der Waals surface area contributed by atoms with Crippen LogP contribution < -0.4 is 10.9 Å². The Morgan fingerprint density at radius 1 is 1.30 bits per heavy atom. The number of hydrogen-bond acceptors (Lipinski definition) is 6. The molecule has 1 aromatic carbocycles. The van der Waals surface area contributed by atoms with E-state index in [4.69, 9.17) is 0 Å². The van der Waals surface area contributed by atoms with Crippen molar-refractivity contribution >= 4 is 5.91 Å². The van der Waals surface area contributed by atoms with Crippen LogP contribution in [0, 0.1) is 5.82 Å². The first-order valence-corrected chi connectivity index (χ1v) is 8.44. The van der Waals surface area contributed by atoms with Gasteiger partial charge in [0.25, 0.3) is 5.56 Å². The van der Waals surface area contributed by atoms with Gasteiger partial charge in [-0.05, 0) is 42.3 Å². The molecule has 4 rings (SSSR count). The smallest absolute Gasteiger partial charge is 0.250 e. The Kier molecular flexibility index (Phi) is 4.45. The Balaban J connectivity index is 1.29. The average molecular weight is 369 g/mol. The molecule has 2 aromatic heterocycles. The summed E-state index contributed by atoms with van der Waals surface area (Å²) in [6, 6.07) is 7.24. The van der Waals surface area contributed by atoms with Crippen LogP contribution in [-0.2, 0) is 11.3 Å². The van der Waals surface area contributed by atoms with Gasteiger partial charge in [-0.15, -0.1) is 10.2 Å². The Morgan fingerprint density at radius 2 is 2.07 bits per heavy atom. The first-order valence-electron chi connectivity index (χ1n) is 8.44. The average Bonchev–Trinajstić information content (AvgIpc) is 3.06. The van der Waals surface area contributed by atoms with Crippen LogP contribution >= 0.6 is 0 Å². The van der Waals surface area contributed by atoms with Crippen LogP contribution in [0.4, 0.5) is 4.39 Å². The highest BCUT2D eigenvalue weighted by atomic mass is 19.1. The molecule has 0 atom stereocenters. The summed E-state index contributed by atoms with van der Waals surface area (Å²) >= 11 is 0. The fourth-order valence-corrected chi connectivity index (χ4v) is 3.01. The summed E-state index contributed by atoms with van der Waals surface area (Å²) in [7, 11) is 0. The lowest BCUT2D eigenvalue weighted by Gasteiger charge is -2.35. The standard InChI is InChI=1S/C17H16FN7O2/c18-12-3-1-10(2-4-12)17-22-24-25(23-17)8-16(27)21-13-5-11(6-13)14-7-15(26)20-9-19-14/h1-4,7,9,11,13H,5-6,8H2,(H,21,27)(H,19,20,26). The molecule has 0 saturated heterocycles. The molecule has 10 heteroatoms. The van der Waals surface area contributed by atoms with Gasteiger partial charge in [0.1, 0.15) is 12.4 Å². The quantitative estimate of drug-likeness (QED) is 0.681. The van der Waals surface area contributed by atoms with E-state index in [-0.39, 0.29) is 35.8 Å². The van der Waals surface area contributed by atoms with Crippen molar-refractivity contribution in [3.63, 3.8) is 0 Å². The Morgan fingerprint density at radius 3 is 2.81 bits per heavy atom. The largest absolute Gasteiger partial charge is 0.352 e. The molecule has 0 spiro atoms. The number of aromatic nitrogens is 6. The second kappa shape index (κ2) is 7.06. The summed E-state index contributed by atoms with van der Waals surface area (Å²) in [6.45, 7) is -0.0569. The minimum absolute atomic E-state index is 0.0312. The van der Waals surface area contributed by atoms with Gasteiger partial charge in [-0.3, -0.25) is 9.59 Å². The van der Waals surface area contributed by atoms with Gasteiger partial charge < -0.3 is 10.3 Å². The zero-order valence-corrected chi connectivity index (χ0v) is 14.2. The number of nitrogens with zero attached hydrogens (tertiary/aromatic N) is 5. The second-order valence-electron chi connectivity index (χ2n) is 6.42. The molecule has 0 aliphatic heterocycles. The molecular formula is C17H16FN7O2. The molecule has 3 aromatic rings. The normalized spacial score (nSPS) is 18.7. The zero-order valence-electron chi connectivity index (χ0n) is 14.2. The van der Waals surface area contributed by atoms with E-state index in [0.717, 1.165) is 18.5 Å². The highest BCUT2D eigenvalue weighted by molar-refractivity contribution is 5.76. The van der Waals surface area contributed by atoms with Crippen LogP contribution in [0.3, 0.4) is 0 Å². The Hall–Kier alpha value is -3.43. The molecule has 2 heterocycles. The van der Waals surface area contributed by atoms with Crippen molar-refractivity contribution in [2.75, 3.05) is 0 Å². The van der Waals surface area contributed by atoms with Crippen molar-refractivity contribution in [3.8, 4) is 11.4 Å². The number of benzene rings is 1. The predicted octanol–water partition coefficient (Wildman–Crippen LogP) is 0.625. The Bertz CT molecular complexity index is 1010. The number of nitrogens with one attached hydrogen (secondary N) is 2. The first kappa shape index (κ1) is 17.0. The number of aromatic amines is 1. The molecule has 1 fully saturated rings. The lowest BCUT2D eigenvalue weighted by molar-refractivity contribution is -0.123. The molecule has 1 amide bonds. The van der Waals surface area contributed by atoms with E-state index in [1.165, 1.54) is 29.3 Å². The topological polar surface area (TPSA) is 118 Å². The van der Waals surface area contributed by atoms with Crippen LogP contribution in [0.2, 0.25) is 0 Å². The van der Waals surface area contributed by atoms with E-state index >= 15 is 0 Å². The molecule has 0 unspecified atom stereocenters. The molecule has 9 nitrogen and oxygen atoms in total. The summed E-state index contributed by atoms with van der Waals surface area (Å²) in [5, 5.41) is 14.8. The lowest BCUT2D eigenvalue weighted by Crippen LogP contribution is -2.45. The van der Waals surface area contributed by atoms with Crippen molar-refractivity contribution in [3.05, 3.63) is 58.5 Å². The maximum Gasteiger partial charge on any atom is 0.250 e. The second-order valence-corrected chi connectivity index (χ2v) is 6.42. The predicted molar refractivity (Wildman–Crippen MR) is 92.0 cm³/mol. The summed E-state index contributed by atoms with van der Waals surface area (Å²) in [6.07, 6.45) is 2.85. The van der Waals surface area contributed by atoms with Crippen molar-refractivity contribution in [2.24, 2.45) is 0 Å². The highest BCUT2D eigenvalue weighted by Crippen LogP contribution is 2.35. The molecule has 1 aliphatic carbocycles. The number of carbonyl (C=O) groups is 1. The van der Waals surface area contributed by atoms with Gasteiger partial charge >= 0.3 is 0 Å². The third-order valence-electron chi connectivity index (χ3n) is 4.46. The fraction of sp³-hybridized carbons (Fsp3) is 0.294. The molecular weight excluding hydrogens is 353 g/mol. The summed E-state index contributed by atoms with van der Waals surface area (Å²) in [5.74, 6) is -0.0703. The van der Waals surface area contributed by atoms with Gasteiger partial charge in [0.15, 0.2) is 0 Å². The fourth-order valence-electron chi connectivity index (χ4n) is 3.01. The number of H-pyrrole nitrogens is 1. The van der Waals surface area contributed by atoms with E-state index in [2.05, 4.69) is 30.7 Å². The van der Waals surface area contributed by atoms with E-state index < -0.39 is 0 Å². The van der Waals surface area contributed by atoms with Gasteiger partial charge in [0.2, 0.25) is 11.7 Å². The monoisotopic (exact) mass is 369 g/mol. The summed E-state index contributed by atoms with van der Waals surface area (Å²) in [4.78, 5) is 31.3. The number of hydrogen-bond donors (Lipinski definition) is 2.